The minimum atomic E-state index is -0.871. The van der Waals surface area contributed by atoms with Gasteiger partial charge in [0.15, 0.2) is 6.61 Å². The second-order valence-corrected chi connectivity index (χ2v) is 6.35. The lowest BCUT2D eigenvalue weighted by Crippen LogP contribution is -2.24. The number of nitrogen functional groups attached to an aromatic ring is 1. The average Bonchev–Trinajstić information content (AvgIpc) is 3.12. The zero-order valence-electron chi connectivity index (χ0n) is 15.3. The first-order valence-electron chi connectivity index (χ1n) is 8.76. The molecule has 2 aromatic rings. The number of nitrogens with one attached hydrogen (secondary N) is 1. The molecule has 0 saturated carbocycles. The van der Waals surface area contributed by atoms with Crippen LogP contribution in [0.5, 0.6) is 0 Å². The molecule has 1 fully saturated rings. The Hall–Kier alpha value is -3.95. The molecule has 10 heteroatoms. The van der Waals surface area contributed by atoms with E-state index in [9.17, 15) is 24.5 Å². The molecule has 1 aliphatic heterocycles. The predicted octanol–water partition coefficient (Wildman–Crippen LogP) is 2.10. The second-order valence-electron chi connectivity index (χ2n) is 6.35. The maximum atomic E-state index is 12.1. The van der Waals surface area contributed by atoms with E-state index in [0.29, 0.717) is 24.3 Å². The third-order valence-electron chi connectivity index (χ3n) is 4.32. The Morgan fingerprint density at radius 2 is 2.03 bits per heavy atom. The molecule has 0 aliphatic carbocycles. The van der Waals surface area contributed by atoms with E-state index in [2.05, 4.69) is 5.32 Å². The fraction of sp³-hybridized carbons (Fsp3) is 0.211. The van der Waals surface area contributed by atoms with Gasteiger partial charge in [-0.1, -0.05) is 6.07 Å². The lowest BCUT2D eigenvalue weighted by atomic mass is 10.1. The lowest BCUT2D eigenvalue weighted by molar-refractivity contribution is -0.384. The molecule has 0 aromatic heterocycles. The number of esters is 1. The molecule has 0 atom stereocenters. The van der Waals surface area contributed by atoms with Crippen molar-refractivity contribution in [2.24, 2.45) is 0 Å². The summed E-state index contributed by atoms with van der Waals surface area (Å²) in [6.07, 6.45) is 1.29. The molecule has 3 N–H and O–H groups in total. The van der Waals surface area contributed by atoms with E-state index in [0.717, 1.165) is 18.6 Å². The van der Waals surface area contributed by atoms with Crippen molar-refractivity contribution in [2.45, 2.75) is 12.8 Å². The number of nitro groups is 1. The number of rotatable bonds is 6. The van der Waals surface area contributed by atoms with Crippen molar-refractivity contribution in [1.82, 2.24) is 0 Å². The number of non-ortho nitro benzene ring substituents is 1. The Labute approximate surface area is 165 Å². The summed E-state index contributed by atoms with van der Waals surface area (Å²) in [5.74, 6) is -1.42. The zero-order valence-corrected chi connectivity index (χ0v) is 15.3. The Morgan fingerprint density at radius 1 is 1.24 bits per heavy atom. The van der Waals surface area contributed by atoms with Crippen LogP contribution in [0.15, 0.2) is 42.5 Å². The quantitative estimate of drug-likeness (QED) is 0.328. The van der Waals surface area contributed by atoms with Crippen molar-refractivity contribution in [3.8, 4) is 0 Å². The summed E-state index contributed by atoms with van der Waals surface area (Å²) >= 11 is 0. The van der Waals surface area contributed by atoms with Crippen molar-refractivity contribution in [1.29, 1.82) is 0 Å². The smallest absolute Gasteiger partial charge is 0.340 e. The molecule has 10 nitrogen and oxygen atoms in total. The van der Waals surface area contributed by atoms with Gasteiger partial charge in [-0.05, 0) is 30.7 Å². The number of carbonyl (C=O) groups excluding carboxylic acids is 3. The maximum Gasteiger partial charge on any atom is 0.340 e. The third kappa shape index (κ3) is 4.67. The monoisotopic (exact) mass is 398 g/mol. The van der Waals surface area contributed by atoms with Crippen molar-refractivity contribution in [2.75, 3.05) is 29.1 Å². The van der Waals surface area contributed by atoms with Gasteiger partial charge in [0.25, 0.3) is 11.6 Å². The van der Waals surface area contributed by atoms with E-state index in [1.165, 1.54) is 6.07 Å². The summed E-state index contributed by atoms with van der Waals surface area (Å²) < 4.78 is 4.92. The van der Waals surface area contributed by atoms with Gasteiger partial charge in [-0.3, -0.25) is 19.7 Å². The fourth-order valence-electron chi connectivity index (χ4n) is 2.93. The van der Waals surface area contributed by atoms with E-state index in [4.69, 9.17) is 10.5 Å². The molecule has 1 heterocycles. The van der Waals surface area contributed by atoms with Crippen LogP contribution in [0.1, 0.15) is 23.2 Å². The highest BCUT2D eigenvalue weighted by Gasteiger charge is 2.22. The summed E-state index contributed by atoms with van der Waals surface area (Å²) in [6, 6.07) is 10.1. The fourth-order valence-corrected chi connectivity index (χ4v) is 2.93. The molecule has 1 saturated heterocycles. The van der Waals surface area contributed by atoms with Gasteiger partial charge >= 0.3 is 5.97 Å². The molecule has 2 amide bonds. The van der Waals surface area contributed by atoms with Crippen molar-refractivity contribution in [3.63, 3.8) is 0 Å². The first-order chi connectivity index (χ1) is 13.8. The van der Waals surface area contributed by atoms with Crippen LogP contribution in [0.2, 0.25) is 0 Å². The predicted molar refractivity (Wildman–Crippen MR) is 104 cm³/mol. The Balaban J connectivity index is 1.58. The van der Waals surface area contributed by atoms with E-state index in [-0.39, 0.29) is 22.8 Å². The highest BCUT2D eigenvalue weighted by atomic mass is 16.6. The van der Waals surface area contributed by atoms with Crippen LogP contribution in [-0.4, -0.2) is 35.9 Å². The zero-order chi connectivity index (χ0) is 21.0. The summed E-state index contributed by atoms with van der Waals surface area (Å²) in [5.41, 5.74) is 6.33. The Morgan fingerprint density at radius 3 is 2.69 bits per heavy atom. The van der Waals surface area contributed by atoms with Gasteiger partial charge in [0.2, 0.25) is 5.91 Å². The molecule has 0 spiro atoms. The van der Waals surface area contributed by atoms with E-state index >= 15 is 0 Å². The second kappa shape index (κ2) is 8.38. The number of anilines is 3. The molecule has 29 heavy (non-hydrogen) atoms. The van der Waals surface area contributed by atoms with Gasteiger partial charge in [0.1, 0.15) is 0 Å². The summed E-state index contributed by atoms with van der Waals surface area (Å²) in [6.45, 7) is 0.0621. The van der Waals surface area contributed by atoms with Gasteiger partial charge < -0.3 is 20.7 Å². The molecule has 0 bridgehead atoms. The van der Waals surface area contributed by atoms with Gasteiger partial charge in [0.05, 0.1) is 16.2 Å². The van der Waals surface area contributed by atoms with Crippen LogP contribution in [-0.2, 0) is 14.3 Å². The topological polar surface area (TPSA) is 145 Å². The number of benzene rings is 2. The summed E-state index contributed by atoms with van der Waals surface area (Å²) in [4.78, 5) is 47.7. The first kappa shape index (κ1) is 19.8. The number of ether oxygens (including phenoxy) is 1. The van der Waals surface area contributed by atoms with Crippen LogP contribution >= 0.6 is 0 Å². The molecular formula is C19H18N4O6. The Kier molecular flexibility index (Phi) is 5.72. The normalized spacial score (nSPS) is 13.2. The van der Waals surface area contributed by atoms with Gasteiger partial charge in [-0.2, -0.15) is 0 Å². The molecule has 0 unspecified atom stereocenters. The van der Waals surface area contributed by atoms with E-state index in [1.807, 2.05) is 0 Å². The molecule has 2 aromatic carbocycles. The summed E-state index contributed by atoms with van der Waals surface area (Å²) in [7, 11) is 0. The third-order valence-corrected chi connectivity index (χ3v) is 4.32. The number of carbonyl (C=O) groups is 3. The summed E-state index contributed by atoms with van der Waals surface area (Å²) in [5, 5.41) is 13.3. The maximum absolute atomic E-state index is 12.1. The van der Waals surface area contributed by atoms with Crippen LogP contribution in [0, 0.1) is 10.1 Å². The van der Waals surface area contributed by atoms with Gasteiger partial charge in [-0.15, -0.1) is 0 Å². The van der Waals surface area contributed by atoms with E-state index in [1.54, 1.807) is 29.2 Å². The number of nitrogens with two attached hydrogens (primary N) is 1. The molecular weight excluding hydrogens is 380 g/mol. The number of hydrogen-bond donors (Lipinski definition) is 2. The standard InChI is InChI=1S/C19H18N4O6/c20-16-10-14(23(27)28)6-7-15(16)19(26)29-11-17(24)21-12-3-1-4-13(9-12)22-8-2-5-18(22)25/h1,3-4,6-7,9-10H,2,5,8,11,20H2,(H,21,24). The van der Waals surface area contributed by atoms with Crippen LogP contribution < -0.4 is 16.0 Å². The van der Waals surface area contributed by atoms with Crippen molar-refractivity contribution < 1.29 is 24.0 Å². The van der Waals surface area contributed by atoms with Crippen LogP contribution in [0.3, 0.4) is 0 Å². The average molecular weight is 398 g/mol. The lowest BCUT2D eigenvalue weighted by Gasteiger charge is -2.16. The minimum Gasteiger partial charge on any atom is -0.452 e. The largest absolute Gasteiger partial charge is 0.452 e. The SMILES string of the molecule is Nc1cc([N+](=O)[O-])ccc1C(=O)OCC(=O)Nc1cccc(N2CCCC2=O)c1. The highest BCUT2D eigenvalue weighted by Crippen LogP contribution is 2.24. The molecule has 150 valence electrons. The molecule has 3 rings (SSSR count). The van der Waals surface area contributed by atoms with Crippen LogP contribution in [0.25, 0.3) is 0 Å². The number of hydrogen-bond acceptors (Lipinski definition) is 7. The van der Waals surface area contributed by atoms with Gasteiger partial charge in [-0.25, -0.2) is 4.79 Å². The van der Waals surface area contributed by atoms with Crippen LogP contribution in [0.4, 0.5) is 22.7 Å². The van der Waals surface area contributed by atoms with Gasteiger partial charge in [0, 0.05) is 36.5 Å². The number of amides is 2. The van der Waals surface area contributed by atoms with Crippen molar-refractivity contribution in [3.05, 3.63) is 58.1 Å². The van der Waals surface area contributed by atoms with Crippen molar-refractivity contribution >= 4 is 40.5 Å². The number of nitro benzene ring substituents is 1. The minimum absolute atomic E-state index is 0.0306. The van der Waals surface area contributed by atoms with E-state index < -0.39 is 23.4 Å². The molecule has 0 radical (unpaired) electrons. The highest BCUT2D eigenvalue weighted by molar-refractivity contribution is 5.99. The number of nitrogens with zero attached hydrogens (tertiary/aromatic N) is 2. The Bertz CT molecular complexity index is 990. The first-order valence-corrected chi connectivity index (χ1v) is 8.76. The molecule has 1 aliphatic rings.